The number of allylic oxidation sites excluding steroid dienone is 1. The van der Waals surface area contributed by atoms with E-state index in [2.05, 4.69) is 30.8 Å². The molecule has 1 N–H and O–H groups in total. The average molecular weight is 193 g/mol. The summed E-state index contributed by atoms with van der Waals surface area (Å²) in [4.78, 5) is 0. The Balaban J connectivity index is 2.39. The van der Waals surface area contributed by atoms with Crippen molar-refractivity contribution in [2.24, 2.45) is 0 Å². The van der Waals surface area contributed by atoms with E-state index in [4.69, 9.17) is 0 Å². The van der Waals surface area contributed by atoms with Gasteiger partial charge in [-0.15, -0.1) is 6.58 Å². The minimum absolute atomic E-state index is 0.475. The van der Waals surface area contributed by atoms with E-state index in [1.165, 1.54) is 0 Å². The van der Waals surface area contributed by atoms with Crippen molar-refractivity contribution in [1.29, 1.82) is 0 Å². The number of aromatic nitrogens is 2. The molecule has 0 bridgehead atoms. The van der Waals surface area contributed by atoms with Crippen LogP contribution in [0.4, 0.5) is 5.69 Å². The molecular formula is C11H19N3. The van der Waals surface area contributed by atoms with Crippen LogP contribution < -0.4 is 5.32 Å². The molecule has 0 spiro atoms. The molecule has 0 amide bonds. The summed E-state index contributed by atoms with van der Waals surface area (Å²) in [5, 5.41) is 7.60. The molecule has 1 aromatic heterocycles. The van der Waals surface area contributed by atoms with Crippen molar-refractivity contribution in [2.45, 2.75) is 39.3 Å². The van der Waals surface area contributed by atoms with Gasteiger partial charge in [0.15, 0.2) is 0 Å². The molecule has 0 radical (unpaired) electrons. The molecule has 3 nitrogen and oxygen atoms in total. The molecule has 0 aliphatic carbocycles. The van der Waals surface area contributed by atoms with Gasteiger partial charge in [0.25, 0.3) is 0 Å². The van der Waals surface area contributed by atoms with Gasteiger partial charge in [-0.2, -0.15) is 5.10 Å². The van der Waals surface area contributed by atoms with Crippen LogP contribution in [0.1, 0.15) is 26.7 Å². The zero-order valence-corrected chi connectivity index (χ0v) is 9.03. The van der Waals surface area contributed by atoms with Crippen molar-refractivity contribution in [3.8, 4) is 0 Å². The molecular weight excluding hydrogens is 174 g/mol. The van der Waals surface area contributed by atoms with E-state index in [-0.39, 0.29) is 0 Å². The van der Waals surface area contributed by atoms with Crippen molar-refractivity contribution in [3.05, 3.63) is 25.0 Å². The van der Waals surface area contributed by atoms with E-state index in [9.17, 15) is 0 Å². The molecule has 0 unspecified atom stereocenters. The second-order valence-electron chi connectivity index (χ2n) is 3.50. The molecule has 78 valence electrons. The first-order chi connectivity index (χ1) is 6.76. The summed E-state index contributed by atoms with van der Waals surface area (Å²) in [5.41, 5.74) is 1.10. The topological polar surface area (TPSA) is 29.9 Å². The van der Waals surface area contributed by atoms with E-state index >= 15 is 0 Å². The van der Waals surface area contributed by atoms with Gasteiger partial charge in [0.2, 0.25) is 0 Å². The number of aryl methyl sites for hydroxylation is 1. The molecule has 0 aliphatic rings. The fraction of sp³-hybridized carbons (Fsp3) is 0.545. The third kappa shape index (κ3) is 3.24. The van der Waals surface area contributed by atoms with Gasteiger partial charge in [-0.1, -0.05) is 6.08 Å². The summed E-state index contributed by atoms with van der Waals surface area (Å²) in [6, 6.07) is 0.475. The standard InChI is InChI=1S/C11H19N3/c1-4-6-7-10(3)13-11-8-12-14(5-2)9-11/h4,8-10,13H,1,5-7H2,2-3H3/t10-/m0/s1. The van der Waals surface area contributed by atoms with Crippen LogP contribution in [0.15, 0.2) is 25.0 Å². The zero-order chi connectivity index (χ0) is 10.4. The zero-order valence-electron chi connectivity index (χ0n) is 9.03. The Morgan fingerprint density at radius 1 is 1.71 bits per heavy atom. The maximum Gasteiger partial charge on any atom is 0.0728 e. The Bertz CT molecular complexity index is 278. The highest BCUT2D eigenvalue weighted by molar-refractivity contribution is 5.38. The van der Waals surface area contributed by atoms with Crippen molar-refractivity contribution in [2.75, 3.05) is 5.32 Å². The largest absolute Gasteiger partial charge is 0.380 e. The predicted octanol–water partition coefficient (Wildman–Crippen LogP) is 2.67. The molecule has 0 aliphatic heterocycles. The highest BCUT2D eigenvalue weighted by atomic mass is 15.3. The highest BCUT2D eigenvalue weighted by Crippen LogP contribution is 2.09. The normalized spacial score (nSPS) is 12.4. The lowest BCUT2D eigenvalue weighted by Gasteiger charge is -2.11. The maximum absolute atomic E-state index is 4.20. The number of rotatable bonds is 6. The third-order valence-corrected chi connectivity index (χ3v) is 2.17. The van der Waals surface area contributed by atoms with E-state index in [1.807, 2.05) is 23.2 Å². The summed E-state index contributed by atoms with van der Waals surface area (Å²) in [7, 11) is 0. The minimum Gasteiger partial charge on any atom is -0.380 e. The van der Waals surface area contributed by atoms with Crippen molar-refractivity contribution in [1.82, 2.24) is 9.78 Å². The second-order valence-corrected chi connectivity index (χ2v) is 3.50. The number of hydrogen-bond donors (Lipinski definition) is 1. The van der Waals surface area contributed by atoms with Gasteiger partial charge in [-0.3, -0.25) is 4.68 Å². The first-order valence-electron chi connectivity index (χ1n) is 5.16. The number of nitrogens with zero attached hydrogens (tertiary/aromatic N) is 2. The second kappa shape index (κ2) is 5.47. The summed E-state index contributed by atoms with van der Waals surface area (Å²) >= 11 is 0. The van der Waals surface area contributed by atoms with Crippen LogP contribution in [0.3, 0.4) is 0 Å². The lowest BCUT2D eigenvalue weighted by atomic mass is 10.2. The molecule has 1 aromatic rings. The lowest BCUT2D eigenvalue weighted by molar-refractivity contribution is 0.659. The predicted molar refractivity (Wildman–Crippen MR) is 60.4 cm³/mol. The molecule has 0 saturated heterocycles. The highest BCUT2D eigenvalue weighted by Gasteiger charge is 2.02. The van der Waals surface area contributed by atoms with Gasteiger partial charge in [-0.05, 0) is 26.7 Å². The Labute approximate surface area is 85.8 Å². The summed E-state index contributed by atoms with van der Waals surface area (Å²) in [6.07, 6.45) is 8.02. The van der Waals surface area contributed by atoms with E-state index in [0.29, 0.717) is 6.04 Å². The third-order valence-electron chi connectivity index (χ3n) is 2.17. The minimum atomic E-state index is 0.475. The molecule has 1 rings (SSSR count). The van der Waals surface area contributed by atoms with Gasteiger partial charge < -0.3 is 5.32 Å². The first kappa shape index (κ1) is 10.8. The molecule has 0 fully saturated rings. The molecule has 0 aromatic carbocycles. The van der Waals surface area contributed by atoms with Gasteiger partial charge in [0, 0.05) is 18.8 Å². The lowest BCUT2D eigenvalue weighted by Crippen LogP contribution is -2.13. The Morgan fingerprint density at radius 3 is 3.07 bits per heavy atom. The van der Waals surface area contributed by atoms with Crippen molar-refractivity contribution < 1.29 is 0 Å². The average Bonchev–Trinajstić information content (AvgIpc) is 2.62. The van der Waals surface area contributed by atoms with Crippen LogP contribution in [0.5, 0.6) is 0 Å². The van der Waals surface area contributed by atoms with Crippen molar-refractivity contribution in [3.63, 3.8) is 0 Å². The molecule has 14 heavy (non-hydrogen) atoms. The Morgan fingerprint density at radius 2 is 2.50 bits per heavy atom. The van der Waals surface area contributed by atoms with Crippen LogP contribution in [0.2, 0.25) is 0 Å². The Kier molecular flexibility index (Phi) is 4.23. The fourth-order valence-electron chi connectivity index (χ4n) is 1.34. The van der Waals surface area contributed by atoms with Gasteiger partial charge in [-0.25, -0.2) is 0 Å². The van der Waals surface area contributed by atoms with Crippen molar-refractivity contribution >= 4 is 5.69 Å². The fourth-order valence-corrected chi connectivity index (χ4v) is 1.34. The van der Waals surface area contributed by atoms with Crippen LogP contribution in [-0.2, 0) is 6.54 Å². The number of hydrogen-bond acceptors (Lipinski definition) is 2. The molecule has 1 heterocycles. The maximum atomic E-state index is 4.20. The smallest absolute Gasteiger partial charge is 0.0728 e. The number of anilines is 1. The van der Waals surface area contributed by atoms with E-state index in [0.717, 1.165) is 25.1 Å². The number of nitrogens with one attached hydrogen (secondary N) is 1. The molecule has 1 atom stereocenters. The molecule has 3 heteroatoms. The van der Waals surface area contributed by atoms with Gasteiger partial charge in [0.1, 0.15) is 0 Å². The van der Waals surface area contributed by atoms with E-state index in [1.54, 1.807) is 0 Å². The Hall–Kier alpha value is -1.25. The van der Waals surface area contributed by atoms with Crippen LogP contribution in [0, 0.1) is 0 Å². The summed E-state index contributed by atoms with van der Waals surface area (Å²) in [6.45, 7) is 8.89. The van der Waals surface area contributed by atoms with Crippen LogP contribution in [0.25, 0.3) is 0 Å². The monoisotopic (exact) mass is 193 g/mol. The summed E-state index contributed by atoms with van der Waals surface area (Å²) in [5.74, 6) is 0. The SMILES string of the molecule is C=CCC[C@H](C)Nc1cnn(CC)c1. The van der Waals surface area contributed by atoms with Gasteiger partial charge >= 0.3 is 0 Å². The quantitative estimate of drug-likeness (QED) is 0.704. The molecule has 0 saturated carbocycles. The first-order valence-corrected chi connectivity index (χ1v) is 5.16. The van der Waals surface area contributed by atoms with E-state index < -0.39 is 0 Å². The van der Waals surface area contributed by atoms with Crippen LogP contribution >= 0.6 is 0 Å². The van der Waals surface area contributed by atoms with Gasteiger partial charge in [0.05, 0.1) is 11.9 Å². The van der Waals surface area contributed by atoms with Crippen LogP contribution in [-0.4, -0.2) is 15.8 Å². The summed E-state index contributed by atoms with van der Waals surface area (Å²) < 4.78 is 1.92.